The molecule has 19 heavy (non-hydrogen) atoms. The zero-order valence-corrected chi connectivity index (χ0v) is 11.8. The average molecular weight is 287 g/mol. The standard InChI is InChI=1S/C12H18FN3O2S/c1-9-8-16(6-5-15(9)2)19(17,18)10-3-4-12(14)11(13)7-10/h3-4,7,9H,5-6,8,14H2,1-2H3. The summed E-state index contributed by atoms with van der Waals surface area (Å²) in [6.07, 6.45) is 0. The van der Waals surface area contributed by atoms with Crippen LogP contribution in [0, 0.1) is 5.82 Å². The summed E-state index contributed by atoms with van der Waals surface area (Å²) in [6.45, 7) is 3.45. The van der Waals surface area contributed by atoms with Crippen molar-refractivity contribution in [2.24, 2.45) is 0 Å². The Hall–Kier alpha value is -1.18. The van der Waals surface area contributed by atoms with E-state index in [1.807, 2.05) is 14.0 Å². The summed E-state index contributed by atoms with van der Waals surface area (Å²) in [6, 6.07) is 3.74. The van der Waals surface area contributed by atoms with Crippen LogP contribution in [0.25, 0.3) is 0 Å². The molecule has 1 unspecified atom stereocenters. The van der Waals surface area contributed by atoms with Crippen LogP contribution in [0.1, 0.15) is 6.92 Å². The van der Waals surface area contributed by atoms with Crippen LogP contribution in [-0.2, 0) is 10.0 Å². The van der Waals surface area contributed by atoms with Gasteiger partial charge in [-0.1, -0.05) is 0 Å². The molecule has 1 heterocycles. The first kappa shape index (κ1) is 14.2. The number of anilines is 1. The highest BCUT2D eigenvalue weighted by Gasteiger charge is 2.31. The number of halogens is 1. The molecule has 1 aromatic rings. The molecule has 5 nitrogen and oxygen atoms in total. The van der Waals surface area contributed by atoms with Gasteiger partial charge >= 0.3 is 0 Å². The normalized spacial score (nSPS) is 22.6. The van der Waals surface area contributed by atoms with E-state index in [0.717, 1.165) is 6.07 Å². The van der Waals surface area contributed by atoms with Crippen molar-refractivity contribution in [2.75, 3.05) is 32.4 Å². The van der Waals surface area contributed by atoms with Crippen LogP contribution in [-0.4, -0.2) is 50.3 Å². The number of likely N-dealkylation sites (N-methyl/N-ethyl adjacent to an activating group) is 1. The van der Waals surface area contributed by atoms with Crippen molar-refractivity contribution in [2.45, 2.75) is 17.9 Å². The van der Waals surface area contributed by atoms with Gasteiger partial charge in [-0.3, -0.25) is 0 Å². The van der Waals surface area contributed by atoms with Gasteiger partial charge in [0, 0.05) is 25.7 Å². The number of rotatable bonds is 2. The van der Waals surface area contributed by atoms with Gasteiger partial charge in [0.25, 0.3) is 0 Å². The van der Waals surface area contributed by atoms with E-state index < -0.39 is 15.8 Å². The number of hydrogen-bond donors (Lipinski definition) is 1. The zero-order chi connectivity index (χ0) is 14.2. The van der Waals surface area contributed by atoms with Crippen LogP contribution in [0.5, 0.6) is 0 Å². The lowest BCUT2D eigenvalue weighted by molar-refractivity contribution is 0.159. The topological polar surface area (TPSA) is 66.6 Å². The summed E-state index contributed by atoms with van der Waals surface area (Å²) in [4.78, 5) is 2.05. The minimum atomic E-state index is -3.65. The first-order chi connectivity index (χ1) is 8.82. The fraction of sp³-hybridized carbons (Fsp3) is 0.500. The first-order valence-corrected chi connectivity index (χ1v) is 7.52. The Kier molecular flexibility index (Phi) is 3.80. The van der Waals surface area contributed by atoms with E-state index in [9.17, 15) is 12.8 Å². The van der Waals surface area contributed by atoms with Gasteiger partial charge in [-0.05, 0) is 32.2 Å². The number of benzene rings is 1. The van der Waals surface area contributed by atoms with E-state index in [1.165, 1.54) is 16.4 Å². The lowest BCUT2D eigenvalue weighted by atomic mass is 10.2. The van der Waals surface area contributed by atoms with Crippen LogP contribution < -0.4 is 5.73 Å². The molecule has 0 aliphatic carbocycles. The molecule has 0 spiro atoms. The number of hydrogen-bond acceptors (Lipinski definition) is 4. The fourth-order valence-electron chi connectivity index (χ4n) is 2.05. The van der Waals surface area contributed by atoms with Crippen LogP contribution in [0.15, 0.2) is 23.1 Å². The molecule has 0 saturated carbocycles. The van der Waals surface area contributed by atoms with Crippen molar-refractivity contribution in [1.82, 2.24) is 9.21 Å². The maximum absolute atomic E-state index is 13.4. The number of nitrogen functional groups attached to an aromatic ring is 1. The summed E-state index contributed by atoms with van der Waals surface area (Å²) in [7, 11) is -1.69. The van der Waals surface area contributed by atoms with Gasteiger partial charge in [-0.15, -0.1) is 0 Å². The van der Waals surface area contributed by atoms with E-state index in [2.05, 4.69) is 4.90 Å². The summed E-state index contributed by atoms with van der Waals surface area (Å²) in [5.74, 6) is -0.705. The summed E-state index contributed by atoms with van der Waals surface area (Å²) in [5.41, 5.74) is 5.31. The Morgan fingerprint density at radius 2 is 2.05 bits per heavy atom. The summed E-state index contributed by atoms with van der Waals surface area (Å²) >= 11 is 0. The molecule has 2 rings (SSSR count). The molecular weight excluding hydrogens is 269 g/mol. The van der Waals surface area contributed by atoms with Crippen LogP contribution in [0.2, 0.25) is 0 Å². The molecule has 0 aromatic heterocycles. The van der Waals surface area contributed by atoms with Crippen molar-refractivity contribution in [3.63, 3.8) is 0 Å². The molecule has 0 amide bonds. The van der Waals surface area contributed by atoms with Crippen molar-refractivity contribution in [1.29, 1.82) is 0 Å². The van der Waals surface area contributed by atoms with Crippen molar-refractivity contribution in [3.05, 3.63) is 24.0 Å². The molecule has 1 aliphatic rings. The Bertz CT molecular complexity index is 576. The maximum Gasteiger partial charge on any atom is 0.243 e. The molecule has 1 saturated heterocycles. The molecule has 2 N–H and O–H groups in total. The SMILES string of the molecule is CC1CN(S(=O)(=O)c2ccc(N)c(F)c2)CCN1C. The maximum atomic E-state index is 13.4. The number of sulfonamides is 1. The molecule has 1 atom stereocenters. The Morgan fingerprint density at radius 1 is 1.37 bits per heavy atom. The lowest BCUT2D eigenvalue weighted by Gasteiger charge is -2.36. The third kappa shape index (κ3) is 2.72. The number of nitrogens with two attached hydrogens (primary N) is 1. The van der Waals surface area contributed by atoms with Gasteiger partial charge in [0.2, 0.25) is 10.0 Å². The van der Waals surface area contributed by atoms with Crippen LogP contribution in [0.4, 0.5) is 10.1 Å². The smallest absolute Gasteiger partial charge is 0.243 e. The van der Waals surface area contributed by atoms with E-state index in [4.69, 9.17) is 5.73 Å². The van der Waals surface area contributed by atoms with Gasteiger partial charge in [0.1, 0.15) is 5.82 Å². The molecular formula is C12H18FN3O2S. The highest BCUT2D eigenvalue weighted by molar-refractivity contribution is 7.89. The van der Waals surface area contributed by atoms with Gasteiger partial charge in [-0.2, -0.15) is 4.31 Å². The number of nitrogens with zero attached hydrogens (tertiary/aromatic N) is 2. The van der Waals surface area contributed by atoms with E-state index in [-0.39, 0.29) is 16.6 Å². The Labute approximate surface area is 112 Å². The van der Waals surface area contributed by atoms with E-state index >= 15 is 0 Å². The van der Waals surface area contributed by atoms with Crippen molar-refractivity contribution >= 4 is 15.7 Å². The molecule has 1 fully saturated rings. The van der Waals surface area contributed by atoms with E-state index in [1.54, 1.807) is 0 Å². The largest absolute Gasteiger partial charge is 0.396 e. The number of piperazine rings is 1. The minimum absolute atomic E-state index is 0.0454. The van der Waals surface area contributed by atoms with Crippen molar-refractivity contribution in [3.8, 4) is 0 Å². The van der Waals surface area contributed by atoms with Gasteiger partial charge in [-0.25, -0.2) is 12.8 Å². The predicted molar refractivity (Wildman–Crippen MR) is 71.7 cm³/mol. The van der Waals surface area contributed by atoms with Crippen LogP contribution in [0.3, 0.4) is 0 Å². The molecule has 106 valence electrons. The Morgan fingerprint density at radius 3 is 2.63 bits per heavy atom. The van der Waals surface area contributed by atoms with Crippen molar-refractivity contribution < 1.29 is 12.8 Å². The second-order valence-corrected chi connectivity index (χ2v) is 6.81. The minimum Gasteiger partial charge on any atom is -0.396 e. The molecule has 0 radical (unpaired) electrons. The molecule has 1 aromatic carbocycles. The third-order valence-corrected chi connectivity index (χ3v) is 5.39. The monoisotopic (exact) mass is 287 g/mol. The van der Waals surface area contributed by atoms with Gasteiger partial charge in [0.05, 0.1) is 10.6 Å². The fourth-order valence-corrected chi connectivity index (χ4v) is 3.58. The second kappa shape index (κ2) is 5.07. The third-order valence-electron chi connectivity index (χ3n) is 3.53. The zero-order valence-electron chi connectivity index (χ0n) is 11.0. The first-order valence-electron chi connectivity index (χ1n) is 6.08. The molecule has 7 heteroatoms. The summed E-state index contributed by atoms with van der Waals surface area (Å²) < 4.78 is 39.6. The second-order valence-electron chi connectivity index (χ2n) is 4.88. The summed E-state index contributed by atoms with van der Waals surface area (Å²) in [5, 5.41) is 0. The highest BCUT2D eigenvalue weighted by Crippen LogP contribution is 2.22. The molecule has 0 bridgehead atoms. The average Bonchev–Trinajstić information content (AvgIpc) is 2.35. The lowest BCUT2D eigenvalue weighted by Crippen LogP contribution is -2.51. The van der Waals surface area contributed by atoms with E-state index in [0.29, 0.717) is 19.6 Å². The highest BCUT2D eigenvalue weighted by atomic mass is 32.2. The van der Waals surface area contributed by atoms with Gasteiger partial charge in [0.15, 0.2) is 0 Å². The van der Waals surface area contributed by atoms with Crippen LogP contribution >= 0.6 is 0 Å². The quantitative estimate of drug-likeness (QED) is 0.815. The molecule has 1 aliphatic heterocycles. The Balaban J connectivity index is 2.29. The van der Waals surface area contributed by atoms with Gasteiger partial charge < -0.3 is 10.6 Å². The predicted octanol–water partition coefficient (Wildman–Crippen LogP) is 0.733.